The minimum Gasteiger partial charge on any atom is -0.337 e. The lowest BCUT2D eigenvalue weighted by molar-refractivity contribution is -0.130. The zero-order chi connectivity index (χ0) is 16.5. The molecule has 0 aliphatic rings. The van der Waals surface area contributed by atoms with Gasteiger partial charge in [-0.05, 0) is 24.5 Å². The van der Waals surface area contributed by atoms with Gasteiger partial charge in [0.25, 0.3) is 0 Å². The predicted octanol–water partition coefficient (Wildman–Crippen LogP) is 2.39. The van der Waals surface area contributed by atoms with E-state index in [9.17, 15) is 9.59 Å². The average molecular weight is 305 g/mol. The molecule has 0 aromatic heterocycles. The zero-order valence-corrected chi connectivity index (χ0v) is 14.1. The number of carbonyl (C=O) groups is 2. The van der Waals surface area contributed by atoms with E-state index in [1.807, 2.05) is 36.1 Å². The standard InChI is InChI=1S/C17H27N3O2/c1-5-6-11-20(13-15-10-8-7-9-14(15)2)16(21)12-18-17(22)19(3)4/h7-10H,5-6,11-13H2,1-4H3,(H,18,22). The van der Waals surface area contributed by atoms with Crippen molar-refractivity contribution in [1.29, 1.82) is 0 Å². The molecule has 1 rings (SSSR count). The van der Waals surface area contributed by atoms with Crippen LogP contribution in [0.3, 0.4) is 0 Å². The number of amides is 3. The molecule has 0 aliphatic heterocycles. The number of aryl methyl sites for hydroxylation is 1. The van der Waals surface area contributed by atoms with Crippen molar-refractivity contribution < 1.29 is 9.59 Å². The highest BCUT2D eigenvalue weighted by atomic mass is 16.2. The van der Waals surface area contributed by atoms with E-state index in [0.29, 0.717) is 13.1 Å². The number of nitrogens with one attached hydrogen (secondary N) is 1. The fraction of sp³-hybridized carbons (Fsp3) is 0.529. The molecule has 0 fully saturated rings. The van der Waals surface area contributed by atoms with Crippen LogP contribution < -0.4 is 5.32 Å². The first kappa shape index (κ1) is 18.0. The largest absolute Gasteiger partial charge is 0.337 e. The summed E-state index contributed by atoms with van der Waals surface area (Å²) in [6, 6.07) is 7.82. The number of urea groups is 1. The monoisotopic (exact) mass is 305 g/mol. The second-order valence-electron chi connectivity index (χ2n) is 5.65. The van der Waals surface area contributed by atoms with E-state index in [2.05, 4.69) is 12.2 Å². The van der Waals surface area contributed by atoms with Crippen LogP contribution in [0.15, 0.2) is 24.3 Å². The predicted molar refractivity (Wildman–Crippen MR) is 88.6 cm³/mol. The van der Waals surface area contributed by atoms with Gasteiger partial charge in [-0.1, -0.05) is 37.6 Å². The highest BCUT2D eigenvalue weighted by Gasteiger charge is 2.15. The van der Waals surface area contributed by atoms with Gasteiger partial charge in [-0.2, -0.15) is 0 Å². The van der Waals surface area contributed by atoms with Gasteiger partial charge in [0.05, 0.1) is 6.54 Å². The quantitative estimate of drug-likeness (QED) is 0.841. The van der Waals surface area contributed by atoms with Crippen LogP contribution in [0.4, 0.5) is 4.79 Å². The van der Waals surface area contributed by atoms with Crippen molar-refractivity contribution in [2.45, 2.75) is 33.2 Å². The van der Waals surface area contributed by atoms with Gasteiger partial charge in [-0.15, -0.1) is 0 Å². The summed E-state index contributed by atoms with van der Waals surface area (Å²) >= 11 is 0. The molecule has 0 radical (unpaired) electrons. The lowest BCUT2D eigenvalue weighted by Crippen LogP contribution is -2.43. The van der Waals surface area contributed by atoms with Crippen LogP contribution in [0.5, 0.6) is 0 Å². The van der Waals surface area contributed by atoms with Crippen LogP contribution in [-0.4, -0.2) is 48.9 Å². The van der Waals surface area contributed by atoms with E-state index in [-0.39, 0.29) is 18.5 Å². The molecule has 0 spiro atoms. The second-order valence-corrected chi connectivity index (χ2v) is 5.65. The number of unbranched alkanes of at least 4 members (excludes halogenated alkanes) is 1. The van der Waals surface area contributed by atoms with Crippen molar-refractivity contribution in [3.63, 3.8) is 0 Å². The lowest BCUT2D eigenvalue weighted by Gasteiger charge is -2.24. The first-order chi connectivity index (χ1) is 10.5. The third-order valence-electron chi connectivity index (χ3n) is 3.55. The Morgan fingerprint density at radius 2 is 1.86 bits per heavy atom. The summed E-state index contributed by atoms with van der Waals surface area (Å²) in [6.45, 7) is 5.48. The number of benzene rings is 1. The Labute approximate surface area is 133 Å². The highest BCUT2D eigenvalue weighted by Crippen LogP contribution is 2.11. The molecule has 3 amide bonds. The SMILES string of the molecule is CCCCN(Cc1ccccc1C)C(=O)CNC(=O)N(C)C. The molecule has 1 aromatic carbocycles. The van der Waals surface area contributed by atoms with Crippen molar-refractivity contribution in [3.8, 4) is 0 Å². The molecule has 5 heteroatoms. The molecule has 1 aromatic rings. The summed E-state index contributed by atoms with van der Waals surface area (Å²) in [5, 5.41) is 2.63. The zero-order valence-electron chi connectivity index (χ0n) is 14.1. The summed E-state index contributed by atoms with van der Waals surface area (Å²) in [4.78, 5) is 27.2. The Hall–Kier alpha value is -2.04. The first-order valence-electron chi connectivity index (χ1n) is 7.73. The van der Waals surface area contributed by atoms with E-state index in [1.165, 1.54) is 10.5 Å². The number of hydrogen-bond donors (Lipinski definition) is 1. The van der Waals surface area contributed by atoms with Crippen molar-refractivity contribution in [2.75, 3.05) is 27.2 Å². The molecule has 0 saturated heterocycles. The van der Waals surface area contributed by atoms with E-state index >= 15 is 0 Å². The van der Waals surface area contributed by atoms with Crippen LogP contribution in [0.2, 0.25) is 0 Å². The highest BCUT2D eigenvalue weighted by molar-refractivity contribution is 5.83. The van der Waals surface area contributed by atoms with Gasteiger partial charge in [0.2, 0.25) is 5.91 Å². The fourth-order valence-electron chi connectivity index (χ4n) is 2.06. The average Bonchev–Trinajstić information content (AvgIpc) is 2.50. The lowest BCUT2D eigenvalue weighted by atomic mass is 10.1. The number of nitrogens with zero attached hydrogens (tertiary/aromatic N) is 2. The van der Waals surface area contributed by atoms with Crippen molar-refractivity contribution in [3.05, 3.63) is 35.4 Å². The van der Waals surface area contributed by atoms with Gasteiger partial charge in [0.1, 0.15) is 0 Å². The second kappa shape index (κ2) is 9.07. The van der Waals surface area contributed by atoms with Crippen LogP contribution in [0, 0.1) is 6.92 Å². The van der Waals surface area contributed by atoms with Crippen molar-refractivity contribution in [1.82, 2.24) is 15.1 Å². The third-order valence-corrected chi connectivity index (χ3v) is 3.55. The van der Waals surface area contributed by atoms with Crippen LogP contribution in [0.25, 0.3) is 0 Å². The fourth-order valence-corrected chi connectivity index (χ4v) is 2.06. The molecular weight excluding hydrogens is 278 g/mol. The van der Waals surface area contributed by atoms with Gasteiger partial charge in [0, 0.05) is 27.2 Å². The molecule has 0 unspecified atom stereocenters. The normalized spacial score (nSPS) is 10.2. The molecule has 0 atom stereocenters. The minimum absolute atomic E-state index is 0.0343. The molecular formula is C17H27N3O2. The first-order valence-corrected chi connectivity index (χ1v) is 7.73. The van der Waals surface area contributed by atoms with Gasteiger partial charge >= 0.3 is 6.03 Å². The van der Waals surface area contributed by atoms with E-state index in [1.54, 1.807) is 14.1 Å². The maximum absolute atomic E-state index is 12.4. The van der Waals surface area contributed by atoms with Crippen LogP contribution in [0.1, 0.15) is 30.9 Å². The molecule has 0 heterocycles. The van der Waals surface area contributed by atoms with Gasteiger partial charge in [-0.25, -0.2) is 4.79 Å². The Kier molecular flexibility index (Phi) is 7.43. The summed E-state index contributed by atoms with van der Waals surface area (Å²) in [5.74, 6) is -0.0492. The summed E-state index contributed by atoms with van der Waals surface area (Å²) in [6.07, 6.45) is 1.99. The summed E-state index contributed by atoms with van der Waals surface area (Å²) in [7, 11) is 3.31. The number of rotatable bonds is 7. The van der Waals surface area contributed by atoms with E-state index in [4.69, 9.17) is 0 Å². The summed E-state index contributed by atoms with van der Waals surface area (Å²) < 4.78 is 0. The molecule has 22 heavy (non-hydrogen) atoms. The smallest absolute Gasteiger partial charge is 0.317 e. The molecule has 0 bridgehead atoms. The van der Waals surface area contributed by atoms with Gasteiger partial charge in [0.15, 0.2) is 0 Å². The van der Waals surface area contributed by atoms with Crippen molar-refractivity contribution in [2.24, 2.45) is 0 Å². The Bertz CT molecular complexity index is 500. The molecule has 122 valence electrons. The van der Waals surface area contributed by atoms with Gasteiger partial charge in [-0.3, -0.25) is 4.79 Å². The topological polar surface area (TPSA) is 52.7 Å². The molecule has 5 nitrogen and oxygen atoms in total. The minimum atomic E-state index is -0.250. The Morgan fingerprint density at radius 3 is 2.45 bits per heavy atom. The Morgan fingerprint density at radius 1 is 1.18 bits per heavy atom. The van der Waals surface area contributed by atoms with Crippen molar-refractivity contribution >= 4 is 11.9 Å². The van der Waals surface area contributed by atoms with E-state index < -0.39 is 0 Å². The van der Waals surface area contributed by atoms with Crippen LogP contribution >= 0.6 is 0 Å². The number of hydrogen-bond acceptors (Lipinski definition) is 2. The number of carbonyl (C=O) groups excluding carboxylic acids is 2. The van der Waals surface area contributed by atoms with Gasteiger partial charge < -0.3 is 15.1 Å². The van der Waals surface area contributed by atoms with E-state index in [0.717, 1.165) is 18.4 Å². The molecule has 1 N–H and O–H groups in total. The molecule has 0 aliphatic carbocycles. The maximum Gasteiger partial charge on any atom is 0.317 e. The third kappa shape index (κ3) is 5.76. The summed E-state index contributed by atoms with van der Waals surface area (Å²) in [5.41, 5.74) is 2.32. The Balaban J connectivity index is 2.69. The van der Waals surface area contributed by atoms with Crippen LogP contribution in [-0.2, 0) is 11.3 Å². The molecule has 0 saturated carbocycles. The maximum atomic E-state index is 12.4.